The zero-order valence-electron chi connectivity index (χ0n) is 21.1. The van der Waals surface area contributed by atoms with Gasteiger partial charge in [0.05, 0.1) is 13.0 Å². The lowest BCUT2D eigenvalue weighted by molar-refractivity contribution is -0.142. The van der Waals surface area contributed by atoms with Crippen LogP contribution in [0.5, 0.6) is 5.75 Å². The van der Waals surface area contributed by atoms with Gasteiger partial charge in [0.2, 0.25) is 0 Å². The first-order valence-corrected chi connectivity index (χ1v) is 12.0. The van der Waals surface area contributed by atoms with Crippen molar-refractivity contribution in [1.82, 2.24) is 4.90 Å². The number of carbonyl (C=O) groups is 2. The summed E-state index contributed by atoms with van der Waals surface area (Å²) in [7, 11) is 1.30. The molecule has 36 heavy (non-hydrogen) atoms. The van der Waals surface area contributed by atoms with Gasteiger partial charge in [-0.3, -0.25) is 14.5 Å². The van der Waals surface area contributed by atoms with Gasteiger partial charge in [0.25, 0.3) is 0 Å². The second-order valence-electron chi connectivity index (χ2n) is 8.61. The van der Waals surface area contributed by atoms with Crippen LogP contribution in [0.25, 0.3) is 17.2 Å². The van der Waals surface area contributed by atoms with E-state index in [2.05, 4.69) is 18.7 Å². The Hall–Kier alpha value is -3.77. The van der Waals surface area contributed by atoms with E-state index < -0.39 is 17.7 Å². The Balaban J connectivity index is 1.70. The monoisotopic (exact) mass is 489 g/mol. The first-order chi connectivity index (χ1) is 17.3. The first kappa shape index (κ1) is 26.8. The number of ether oxygens (including phenoxy) is 1. The zero-order chi connectivity index (χ0) is 26.2. The number of rotatable bonds is 10. The van der Waals surface area contributed by atoms with E-state index in [0.717, 1.165) is 24.2 Å². The Morgan fingerprint density at radius 1 is 1.03 bits per heavy atom. The molecule has 188 valence electrons. The molecule has 1 N–H and O–H groups in total. The van der Waals surface area contributed by atoms with Gasteiger partial charge in [0.15, 0.2) is 5.78 Å². The average Bonchev–Trinajstić information content (AvgIpc) is 2.90. The topological polar surface area (TPSA) is 66.8 Å². The third-order valence-electron chi connectivity index (χ3n) is 6.35. The Labute approximate surface area is 211 Å². The molecule has 0 aromatic heterocycles. The molecule has 0 saturated carbocycles. The van der Waals surface area contributed by atoms with Crippen molar-refractivity contribution < 1.29 is 23.8 Å². The van der Waals surface area contributed by atoms with Crippen LogP contribution in [0.3, 0.4) is 0 Å². The lowest BCUT2D eigenvalue weighted by atomic mass is 9.96. The summed E-state index contributed by atoms with van der Waals surface area (Å²) in [5.74, 6) is -1.44. The molecule has 1 atom stereocenters. The smallest absolute Gasteiger partial charge is 0.312 e. The summed E-state index contributed by atoms with van der Waals surface area (Å²) in [6.07, 6.45) is 3.12. The van der Waals surface area contributed by atoms with Crippen molar-refractivity contribution in [2.24, 2.45) is 0 Å². The SMILES string of the molecule is CCN(CC)Cc1ccc(/C=C/C(=O)c2ccc(-c3ccc(C(C)C(=O)OC)cc3F)cc2)cc1O. The van der Waals surface area contributed by atoms with Crippen molar-refractivity contribution >= 4 is 17.8 Å². The number of aromatic hydroxyl groups is 1. The van der Waals surface area contributed by atoms with E-state index in [1.54, 1.807) is 55.5 Å². The minimum absolute atomic E-state index is 0.198. The average molecular weight is 490 g/mol. The van der Waals surface area contributed by atoms with Crippen LogP contribution in [-0.2, 0) is 16.1 Å². The predicted molar refractivity (Wildman–Crippen MR) is 140 cm³/mol. The molecule has 0 radical (unpaired) electrons. The van der Waals surface area contributed by atoms with Gasteiger partial charge in [-0.15, -0.1) is 0 Å². The molecule has 0 heterocycles. The van der Waals surface area contributed by atoms with E-state index >= 15 is 0 Å². The van der Waals surface area contributed by atoms with Gasteiger partial charge in [-0.25, -0.2) is 4.39 Å². The van der Waals surface area contributed by atoms with Gasteiger partial charge in [-0.2, -0.15) is 0 Å². The van der Waals surface area contributed by atoms with Crippen LogP contribution in [0, 0.1) is 5.82 Å². The number of phenolic OH excluding ortho intramolecular Hbond substituents is 1. The molecule has 6 heteroatoms. The van der Waals surface area contributed by atoms with Crippen LogP contribution < -0.4 is 0 Å². The third kappa shape index (κ3) is 6.46. The summed E-state index contributed by atoms with van der Waals surface area (Å²) in [5.41, 5.74) is 3.58. The maximum atomic E-state index is 14.7. The fraction of sp³-hybridized carbons (Fsp3) is 0.267. The van der Waals surface area contributed by atoms with Crippen molar-refractivity contribution in [3.8, 4) is 16.9 Å². The second kappa shape index (κ2) is 12.3. The normalized spacial score (nSPS) is 12.2. The van der Waals surface area contributed by atoms with Crippen LogP contribution >= 0.6 is 0 Å². The van der Waals surface area contributed by atoms with Crippen LogP contribution in [0.15, 0.2) is 66.7 Å². The zero-order valence-corrected chi connectivity index (χ0v) is 21.1. The molecule has 5 nitrogen and oxygen atoms in total. The molecule has 0 saturated heterocycles. The highest BCUT2D eigenvalue weighted by Crippen LogP contribution is 2.27. The predicted octanol–water partition coefficient (Wildman–Crippen LogP) is 6.21. The maximum absolute atomic E-state index is 14.7. The van der Waals surface area contributed by atoms with Crippen LogP contribution in [0.1, 0.15) is 53.7 Å². The number of esters is 1. The van der Waals surface area contributed by atoms with Gasteiger partial charge < -0.3 is 9.84 Å². The van der Waals surface area contributed by atoms with E-state index in [0.29, 0.717) is 28.8 Å². The van der Waals surface area contributed by atoms with Gasteiger partial charge in [-0.1, -0.05) is 68.5 Å². The molecule has 0 aliphatic heterocycles. The molecule has 0 aliphatic rings. The molecule has 3 rings (SSSR count). The van der Waals surface area contributed by atoms with E-state index in [9.17, 15) is 19.1 Å². The standard InChI is InChI=1S/C30H32FNO4/c1-5-32(6-2)19-25-9-7-21(17-29(25)34)8-16-28(33)23-12-10-22(11-13-23)26-15-14-24(18-27(26)31)20(3)30(35)36-4/h7-18,20,34H,5-6,19H2,1-4H3/b16-8+. The van der Waals surface area contributed by atoms with Gasteiger partial charge in [-0.05, 0) is 54.9 Å². The van der Waals surface area contributed by atoms with Crippen LogP contribution in [-0.4, -0.2) is 42.0 Å². The Morgan fingerprint density at radius 2 is 1.72 bits per heavy atom. The summed E-state index contributed by atoms with van der Waals surface area (Å²) in [6, 6.07) is 16.7. The largest absolute Gasteiger partial charge is 0.508 e. The van der Waals surface area contributed by atoms with E-state index in [-0.39, 0.29) is 11.5 Å². The fourth-order valence-electron chi connectivity index (χ4n) is 3.94. The van der Waals surface area contributed by atoms with E-state index in [1.807, 2.05) is 12.1 Å². The maximum Gasteiger partial charge on any atom is 0.312 e. The molecule has 1 unspecified atom stereocenters. The van der Waals surface area contributed by atoms with Gasteiger partial charge in [0, 0.05) is 23.2 Å². The summed E-state index contributed by atoms with van der Waals surface area (Å²) in [5, 5.41) is 10.4. The Morgan fingerprint density at radius 3 is 2.31 bits per heavy atom. The van der Waals surface area contributed by atoms with Crippen molar-refractivity contribution in [1.29, 1.82) is 0 Å². The van der Waals surface area contributed by atoms with Crippen molar-refractivity contribution in [2.45, 2.75) is 33.2 Å². The van der Waals surface area contributed by atoms with Crippen molar-refractivity contribution in [2.75, 3.05) is 20.2 Å². The third-order valence-corrected chi connectivity index (χ3v) is 6.35. The number of methoxy groups -OCH3 is 1. The number of carbonyl (C=O) groups excluding carboxylic acids is 2. The van der Waals surface area contributed by atoms with E-state index in [4.69, 9.17) is 4.74 Å². The highest BCUT2D eigenvalue weighted by atomic mass is 19.1. The molecule has 3 aromatic carbocycles. The summed E-state index contributed by atoms with van der Waals surface area (Å²) in [6.45, 7) is 8.29. The molecular formula is C30H32FNO4. The quantitative estimate of drug-likeness (QED) is 0.208. The van der Waals surface area contributed by atoms with Gasteiger partial charge in [0.1, 0.15) is 11.6 Å². The highest BCUT2D eigenvalue weighted by molar-refractivity contribution is 6.07. The molecule has 3 aromatic rings. The number of phenols is 1. The molecular weight excluding hydrogens is 457 g/mol. The number of allylic oxidation sites excluding steroid dienone is 1. The summed E-state index contributed by atoms with van der Waals surface area (Å²) in [4.78, 5) is 26.6. The van der Waals surface area contributed by atoms with E-state index in [1.165, 1.54) is 19.3 Å². The lowest BCUT2D eigenvalue weighted by Crippen LogP contribution is -2.22. The summed E-state index contributed by atoms with van der Waals surface area (Å²) < 4.78 is 19.5. The van der Waals surface area contributed by atoms with Gasteiger partial charge >= 0.3 is 5.97 Å². The second-order valence-corrected chi connectivity index (χ2v) is 8.61. The molecule has 0 spiro atoms. The minimum atomic E-state index is -0.564. The Bertz CT molecular complexity index is 1250. The Kier molecular flexibility index (Phi) is 9.14. The molecule has 0 aliphatic carbocycles. The number of nitrogens with zero attached hydrogens (tertiary/aromatic N) is 1. The number of ketones is 1. The minimum Gasteiger partial charge on any atom is -0.508 e. The molecule has 0 amide bonds. The molecule has 0 bridgehead atoms. The van der Waals surface area contributed by atoms with Crippen LogP contribution in [0.4, 0.5) is 4.39 Å². The number of hydrogen-bond acceptors (Lipinski definition) is 5. The number of halogens is 1. The first-order valence-electron chi connectivity index (χ1n) is 12.0. The fourth-order valence-corrected chi connectivity index (χ4v) is 3.94. The number of hydrogen-bond donors (Lipinski definition) is 1. The lowest BCUT2D eigenvalue weighted by Gasteiger charge is -2.18. The highest BCUT2D eigenvalue weighted by Gasteiger charge is 2.17. The molecule has 0 fully saturated rings. The van der Waals surface area contributed by atoms with Crippen molar-refractivity contribution in [3.63, 3.8) is 0 Å². The van der Waals surface area contributed by atoms with Crippen LogP contribution in [0.2, 0.25) is 0 Å². The summed E-state index contributed by atoms with van der Waals surface area (Å²) >= 11 is 0. The van der Waals surface area contributed by atoms with Crippen molar-refractivity contribution in [3.05, 3.63) is 94.8 Å². The number of benzene rings is 3.